The van der Waals surface area contributed by atoms with E-state index in [1.165, 1.54) is 0 Å². The second-order valence-electron chi connectivity index (χ2n) is 7.02. The smallest absolute Gasteiger partial charge is 0.407 e. The maximum Gasteiger partial charge on any atom is 0.407 e. The number of hydrogen-bond donors (Lipinski definition) is 1. The van der Waals surface area contributed by atoms with Crippen LogP contribution in [0.5, 0.6) is 0 Å². The second kappa shape index (κ2) is 10.1. The van der Waals surface area contributed by atoms with Crippen LogP contribution in [0, 0.1) is 0 Å². The first-order valence-corrected chi connectivity index (χ1v) is 9.98. The Morgan fingerprint density at radius 2 is 1.29 bits per heavy atom. The molecule has 0 aliphatic rings. The van der Waals surface area contributed by atoms with Gasteiger partial charge in [0.15, 0.2) is 0 Å². The van der Waals surface area contributed by atoms with Gasteiger partial charge in [-0.15, -0.1) is 0 Å². The minimum absolute atomic E-state index is 0.191. The van der Waals surface area contributed by atoms with Gasteiger partial charge in [0.2, 0.25) is 0 Å². The van der Waals surface area contributed by atoms with Crippen molar-refractivity contribution in [2.45, 2.75) is 18.6 Å². The van der Waals surface area contributed by atoms with E-state index in [0.29, 0.717) is 0 Å². The lowest BCUT2D eigenvalue weighted by Crippen LogP contribution is -2.33. The van der Waals surface area contributed by atoms with E-state index in [9.17, 15) is 4.79 Å². The number of rotatable bonds is 7. The summed E-state index contributed by atoms with van der Waals surface area (Å²) in [5.74, 6) is -0.226. The van der Waals surface area contributed by atoms with Gasteiger partial charge in [-0.2, -0.15) is 0 Å². The third-order valence-corrected chi connectivity index (χ3v) is 4.95. The first kappa shape index (κ1) is 20.2. The predicted molar refractivity (Wildman–Crippen MR) is 117 cm³/mol. The van der Waals surface area contributed by atoms with Gasteiger partial charge in [0.25, 0.3) is 0 Å². The lowest BCUT2D eigenvalue weighted by atomic mass is 9.83. The van der Waals surface area contributed by atoms with Crippen LogP contribution < -0.4 is 5.32 Å². The van der Waals surface area contributed by atoms with E-state index < -0.39 is 12.1 Å². The van der Waals surface area contributed by atoms with Crippen molar-refractivity contribution in [2.24, 2.45) is 0 Å². The van der Waals surface area contributed by atoms with Crippen molar-refractivity contribution >= 4 is 6.09 Å². The number of benzene rings is 1. The number of nitrogens with zero attached hydrogens (tertiary/aromatic N) is 3. The highest BCUT2D eigenvalue weighted by molar-refractivity contribution is 5.68. The summed E-state index contributed by atoms with van der Waals surface area (Å²) >= 11 is 0. The fraction of sp³-hybridized carbons (Fsp3) is 0.120. The van der Waals surface area contributed by atoms with Gasteiger partial charge >= 0.3 is 6.09 Å². The number of pyridine rings is 3. The zero-order chi connectivity index (χ0) is 21.3. The van der Waals surface area contributed by atoms with Gasteiger partial charge in [0, 0.05) is 43.1 Å². The van der Waals surface area contributed by atoms with Crippen LogP contribution in [0.15, 0.2) is 104 Å². The third-order valence-electron chi connectivity index (χ3n) is 4.95. The van der Waals surface area contributed by atoms with Crippen LogP contribution >= 0.6 is 0 Å². The summed E-state index contributed by atoms with van der Waals surface area (Å²) in [6, 6.07) is 20.7. The van der Waals surface area contributed by atoms with Gasteiger partial charge < -0.3 is 10.1 Å². The summed E-state index contributed by atoms with van der Waals surface area (Å²) < 4.78 is 5.50. The number of carbonyl (C=O) groups is 1. The summed E-state index contributed by atoms with van der Waals surface area (Å²) in [7, 11) is 0. The molecule has 154 valence electrons. The van der Waals surface area contributed by atoms with E-state index in [4.69, 9.17) is 4.74 Å². The molecule has 0 saturated heterocycles. The standard InChI is InChI=1S/C25H22N4O2/c30-25(31-18-19-7-2-1-3-8-19)29-24(22-11-6-14-28-17-22)23(20-9-4-12-26-15-20)21-10-5-13-27-16-21/h1-17,23-24H,18H2,(H,29,30). The van der Waals surface area contributed by atoms with Crippen LogP contribution in [0.4, 0.5) is 4.79 Å². The van der Waals surface area contributed by atoms with Crippen LogP contribution in [-0.4, -0.2) is 21.0 Å². The average molecular weight is 410 g/mol. The zero-order valence-electron chi connectivity index (χ0n) is 16.8. The first-order valence-electron chi connectivity index (χ1n) is 9.98. The van der Waals surface area contributed by atoms with Crippen molar-refractivity contribution in [1.82, 2.24) is 20.3 Å². The molecule has 31 heavy (non-hydrogen) atoms. The largest absolute Gasteiger partial charge is 0.445 e. The topological polar surface area (TPSA) is 77.0 Å². The average Bonchev–Trinajstić information content (AvgIpc) is 2.85. The molecule has 0 spiro atoms. The van der Waals surface area contributed by atoms with Crippen LogP contribution in [0.1, 0.15) is 34.2 Å². The number of aromatic nitrogens is 3. The van der Waals surface area contributed by atoms with E-state index in [-0.39, 0.29) is 12.5 Å². The summed E-state index contributed by atoms with van der Waals surface area (Å²) in [5.41, 5.74) is 3.68. The molecule has 1 N–H and O–H groups in total. The summed E-state index contributed by atoms with van der Waals surface area (Å²) in [5, 5.41) is 3.04. The first-order chi connectivity index (χ1) is 15.3. The van der Waals surface area contributed by atoms with Gasteiger partial charge in [-0.25, -0.2) is 4.79 Å². The number of carbonyl (C=O) groups excluding carboxylic acids is 1. The van der Waals surface area contributed by atoms with Gasteiger partial charge in [-0.3, -0.25) is 15.0 Å². The highest BCUT2D eigenvalue weighted by atomic mass is 16.5. The Kier molecular flexibility index (Phi) is 6.60. The Balaban J connectivity index is 1.65. The summed E-state index contributed by atoms with van der Waals surface area (Å²) in [4.78, 5) is 25.6. The van der Waals surface area contributed by atoms with Crippen molar-refractivity contribution < 1.29 is 9.53 Å². The molecule has 0 fully saturated rings. The second-order valence-corrected chi connectivity index (χ2v) is 7.02. The van der Waals surface area contributed by atoms with Gasteiger partial charge in [-0.1, -0.05) is 48.5 Å². The molecule has 0 aliphatic carbocycles. The zero-order valence-corrected chi connectivity index (χ0v) is 16.8. The SMILES string of the molecule is O=C(NC(c1cccnc1)C(c1cccnc1)c1cccnc1)OCc1ccccc1. The number of nitrogens with one attached hydrogen (secondary N) is 1. The van der Waals surface area contributed by atoms with Crippen molar-refractivity contribution in [3.63, 3.8) is 0 Å². The predicted octanol–water partition coefficient (Wildman–Crippen LogP) is 4.67. The molecule has 4 aromatic rings. The lowest BCUT2D eigenvalue weighted by Gasteiger charge is -2.28. The Bertz CT molecular complexity index is 1040. The molecule has 1 atom stereocenters. The van der Waals surface area contributed by atoms with E-state index in [0.717, 1.165) is 22.3 Å². The summed E-state index contributed by atoms with van der Waals surface area (Å²) in [6.07, 6.45) is 10.0. The lowest BCUT2D eigenvalue weighted by molar-refractivity contribution is 0.134. The third kappa shape index (κ3) is 5.30. The molecule has 6 nitrogen and oxygen atoms in total. The van der Waals surface area contributed by atoms with Crippen LogP contribution in [-0.2, 0) is 11.3 Å². The highest BCUT2D eigenvalue weighted by Crippen LogP contribution is 2.36. The molecule has 1 amide bonds. The Morgan fingerprint density at radius 1 is 0.742 bits per heavy atom. The minimum Gasteiger partial charge on any atom is -0.445 e. The van der Waals surface area contributed by atoms with E-state index in [1.54, 1.807) is 37.2 Å². The van der Waals surface area contributed by atoms with Crippen molar-refractivity contribution in [1.29, 1.82) is 0 Å². The molecule has 3 aromatic heterocycles. The molecular formula is C25H22N4O2. The number of alkyl carbamates (subject to hydrolysis) is 1. The molecule has 3 heterocycles. The molecule has 4 rings (SSSR count). The van der Waals surface area contributed by atoms with E-state index in [2.05, 4.69) is 20.3 Å². The maximum atomic E-state index is 12.8. The Labute approximate surface area is 181 Å². The van der Waals surface area contributed by atoms with Crippen molar-refractivity contribution in [2.75, 3.05) is 0 Å². The quantitative estimate of drug-likeness (QED) is 0.479. The number of hydrogen-bond acceptors (Lipinski definition) is 5. The molecule has 6 heteroatoms. The fourth-order valence-corrected chi connectivity index (χ4v) is 3.51. The van der Waals surface area contributed by atoms with Crippen molar-refractivity contribution in [3.8, 4) is 0 Å². The molecule has 0 saturated carbocycles. The van der Waals surface area contributed by atoms with Crippen LogP contribution in [0.3, 0.4) is 0 Å². The maximum absolute atomic E-state index is 12.8. The van der Waals surface area contributed by atoms with E-state index >= 15 is 0 Å². The van der Waals surface area contributed by atoms with E-state index in [1.807, 2.05) is 66.7 Å². The Hall–Kier alpha value is -4.06. The molecule has 1 unspecified atom stereocenters. The summed E-state index contributed by atoms with van der Waals surface area (Å²) in [6.45, 7) is 0.191. The number of ether oxygens (including phenoxy) is 1. The van der Waals surface area contributed by atoms with Crippen LogP contribution in [0.25, 0.3) is 0 Å². The molecule has 1 aromatic carbocycles. The van der Waals surface area contributed by atoms with Crippen molar-refractivity contribution in [3.05, 3.63) is 126 Å². The highest BCUT2D eigenvalue weighted by Gasteiger charge is 2.29. The Morgan fingerprint density at radius 3 is 1.81 bits per heavy atom. The molecular weight excluding hydrogens is 388 g/mol. The van der Waals surface area contributed by atoms with Gasteiger partial charge in [0.05, 0.1) is 6.04 Å². The normalized spacial score (nSPS) is 11.6. The van der Waals surface area contributed by atoms with Gasteiger partial charge in [-0.05, 0) is 40.5 Å². The van der Waals surface area contributed by atoms with Gasteiger partial charge in [0.1, 0.15) is 6.61 Å². The molecule has 0 radical (unpaired) electrons. The monoisotopic (exact) mass is 410 g/mol. The minimum atomic E-state index is -0.504. The molecule has 0 aliphatic heterocycles. The van der Waals surface area contributed by atoms with Crippen LogP contribution in [0.2, 0.25) is 0 Å². The fourth-order valence-electron chi connectivity index (χ4n) is 3.51. The number of amides is 1. The molecule has 0 bridgehead atoms.